The first kappa shape index (κ1) is 13.0. The van der Waals surface area contributed by atoms with Crippen LogP contribution in [-0.2, 0) is 6.54 Å². The zero-order valence-electron chi connectivity index (χ0n) is 9.63. The molecule has 2 atom stereocenters. The number of aliphatic hydroxyl groups excluding tert-OH is 1. The van der Waals surface area contributed by atoms with E-state index in [1.807, 2.05) is 6.07 Å². The van der Waals surface area contributed by atoms with Crippen molar-refractivity contribution in [3.8, 4) is 0 Å². The molecule has 2 nitrogen and oxygen atoms in total. The van der Waals surface area contributed by atoms with Gasteiger partial charge >= 0.3 is 0 Å². The van der Waals surface area contributed by atoms with Crippen LogP contribution in [0.25, 0.3) is 0 Å². The maximum atomic E-state index is 13.5. The number of nitrogens with one attached hydrogen (secondary N) is 1. The van der Waals surface area contributed by atoms with Gasteiger partial charge in [-0.2, -0.15) is 0 Å². The van der Waals surface area contributed by atoms with Crippen molar-refractivity contribution in [1.82, 2.24) is 5.32 Å². The third-order valence-electron chi connectivity index (χ3n) is 3.28. The second-order valence-corrected chi connectivity index (χ2v) is 5.62. The molecule has 0 spiro atoms. The molecule has 2 rings (SSSR count). The minimum atomic E-state index is -0.182. The molecule has 4 heteroatoms. The molecule has 0 aliphatic heterocycles. The molecule has 2 unspecified atom stereocenters. The summed E-state index contributed by atoms with van der Waals surface area (Å²) >= 11 is 3.24. The maximum absolute atomic E-state index is 13.5. The van der Waals surface area contributed by atoms with Gasteiger partial charge < -0.3 is 10.4 Å². The van der Waals surface area contributed by atoms with Crippen molar-refractivity contribution in [2.24, 2.45) is 5.92 Å². The fourth-order valence-electron chi connectivity index (χ4n) is 2.31. The van der Waals surface area contributed by atoms with Crippen LogP contribution in [0.1, 0.15) is 24.8 Å². The van der Waals surface area contributed by atoms with E-state index in [0.29, 0.717) is 18.0 Å². The largest absolute Gasteiger partial charge is 0.393 e. The number of rotatable bonds is 4. The van der Waals surface area contributed by atoms with Crippen molar-refractivity contribution >= 4 is 15.9 Å². The van der Waals surface area contributed by atoms with Gasteiger partial charge in [-0.1, -0.05) is 22.0 Å². The highest BCUT2D eigenvalue weighted by Gasteiger charge is 2.22. The van der Waals surface area contributed by atoms with Crippen molar-refractivity contribution in [2.45, 2.75) is 31.9 Å². The van der Waals surface area contributed by atoms with Crippen molar-refractivity contribution < 1.29 is 9.50 Å². The molecule has 0 bridgehead atoms. The van der Waals surface area contributed by atoms with E-state index >= 15 is 0 Å². The summed E-state index contributed by atoms with van der Waals surface area (Å²) in [6, 6.07) is 5.12. The minimum Gasteiger partial charge on any atom is -0.393 e. The van der Waals surface area contributed by atoms with Gasteiger partial charge in [-0.15, -0.1) is 0 Å². The molecule has 2 N–H and O–H groups in total. The van der Waals surface area contributed by atoms with Crippen LogP contribution in [0.3, 0.4) is 0 Å². The molecule has 17 heavy (non-hydrogen) atoms. The normalized spacial score (nSPS) is 24.2. The van der Waals surface area contributed by atoms with Gasteiger partial charge in [0.2, 0.25) is 0 Å². The molecule has 0 saturated heterocycles. The topological polar surface area (TPSA) is 32.3 Å². The van der Waals surface area contributed by atoms with Crippen LogP contribution in [0.4, 0.5) is 4.39 Å². The smallest absolute Gasteiger partial charge is 0.128 e. The second kappa shape index (κ2) is 5.94. The summed E-state index contributed by atoms with van der Waals surface area (Å²) in [5.74, 6) is 0.349. The number of hydrogen-bond acceptors (Lipinski definition) is 2. The maximum Gasteiger partial charge on any atom is 0.128 e. The lowest BCUT2D eigenvalue weighted by atomic mass is 10.1. The van der Waals surface area contributed by atoms with E-state index in [0.717, 1.165) is 30.3 Å². The number of halogens is 2. The van der Waals surface area contributed by atoms with Crippen LogP contribution in [-0.4, -0.2) is 17.8 Å². The van der Waals surface area contributed by atoms with Crippen LogP contribution in [0.2, 0.25) is 0 Å². The molecule has 94 valence electrons. The van der Waals surface area contributed by atoms with Gasteiger partial charge in [0.25, 0.3) is 0 Å². The van der Waals surface area contributed by atoms with E-state index in [9.17, 15) is 9.50 Å². The Labute approximate surface area is 109 Å². The summed E-state index contributed by atoms with van der Waals surface area (Å²) in [6.45, 7) is 1.40. The van der Waals surface area contributed by atoms with Crippen LogP contribution in [0.5, 0.6) is 0 Å². The van der Waals surface area contributed by atoms with Crippen molar-refractivity contribution in [1.29, 1.82) is 0 Å². The van der Waals surface area contributed by atoms with E-state index in [1.54, 1.807) is 6.07 Å². The van der Waals surface area contributed by atoms with E-state index in [4.69, 9.17) is 0 Å². The Kier molecular flexibility index (Phi) is 4.54. The van der Waals surface area contributed by atoms with Gasteiger partial charge in [0.05, 0.1) is 6.10 Å². The quantitative estimate of drug-likeness (QED) is 0.896. The Morgan fingerprint density at radius 2 is 2.24 bits per heavy atom. The third-order valence-corrected chi connectivity index (χ3v) is 3.77. The fourth-order valence-corrected chi connectivity index (χ4v) is 2.64. The molecule has 1 aromatic rings. The van der Waals surface area contributed by atoms with Crippen LogP contribution >= 0.6 is 15.9 Å². The average Bonchev–Trinajstić information content (AvgIpc) is 2.68. The Bertz CT molecular complexity index is 386. The fraction of sp³-hybridized carbons (Fsp3) is 0.538. The summed E-state index contributed by atoms with van der Waals surface area (Å²) in [4.78, 5) is 0. The monoisotopic (exact) mass is 301 g/mol. The number of benzene rings is 1. The molecule has 0 radical (unpaired) electrons. The molecule has 1 aliphatic rings. The summed E-state index contributed by atoms with van der Waals surface area (Å²) in [7, 11) is 0. The van der Waals surface area contributed by atoms with Crippen molar-refractivity contribution in [3.05, 3.63) is 34.1 Å². The van der Waals surface area contributed by atoms with Crippen molar-refractivity contribution in [2.75, 3.05) is 6.54 Å². The van der Waals surface area contributed by atoms with E-state index in [2.05, 4.69) is 21.2 Å². The Morgan fingerprint density at radius 3 is 2.88 bits per heavy atom. The van der Waals surface area contributed by atoms with Crippen LogP contribution in [0, 0.1) is 11.7 Å². The predicted molar refractivity (Wildman–Crippen MR) is 69.2 cm³/mol. The molecule has 1 fully saturated rings. The summed E-state index contributed by atoms with van der Waals surface area (Å²) in [6.07, 6.45) is 2.71. The SMILES string of the molecule is OC1CCC(CNCc2ccc(Br)cc2F)C1. The molecular weight excluding hydrogens is 285 g/mol. The highest BCUT2D eigenvalue weighted by Crippen LogP contribution is 2.24. The first-order valence-corrected chi connectivity index (χ1v) is 6.77. The summed E-state index contributed by atoms with van der Waals surface area (Å²) in [5, 5.41) is 12.7. The highest BCUT2D eigenvalue weighted by molar-refractivity contribution is 9.10. The van der Waals surface area contributed by atoms with E-state index in [-0.39, 0.29) is 11.9 Å². The minimum absolute atomic E-state index is 0.133. The van der Waals surface area contributed by atoms with Crippen LogP contribution in [0.15, 0.2) is 22.7 Å². The number of hydrogen-bond donors (Lipinski definition) is 2. The zero-order valence-corrected chi connectivity index (χ0v) is 11.2. The standard InChI is InChI=1S/C13H17BrFNO/c14-11-3-2-10(13(15)6-11)8-16-7-9-1-4-12(17)5-9/h2-3,6,9,12,16-17H,1,4-5,7-8H2. The predicted octanol–water partition coefficient (Wildman–Crippen LogP) is 2.84. The second-order valence-electron chi connectivity index (χ2n) is 4.70. The Hall–Kier alpha value is -0.450. The molecular formula is C13H17BrFNO. The highest BCUT2D eigenvalue weighted by atomic mass is 79.9. The first-order valence-electron chi connectivity index (χ1n) is 5.98. The first-order chi connectivity index (χ1) is 8.15. The van der Waals surface area contributed by atoms with Gasteiger partial charge in [0.15, 0.2) is 0 Å². The van der Waals surface area contributed by atoms with Gasteiger partial charge in [0.1, 0.15) is 5.82 Å². The Balaban J connectivity index is 1.78. The van der Waals surface area contributed by atoms with Crippen molar-refractivity contribution in [3.63, 3.8) is 0 Å². The Morgan fingerprint density at radius 1 is 1.41 bits per heavy atom. The molecule has 0 amide bonds. The third kappa shape index (κ3) is 3.76. The lowest BCUT2D eigenvalue weighted by Crippen LogP contribution is -2.21. The average molecular weight is 302 g/mol. The van der Waals surface area contributed by atoms with Gasteiger partial charge in [0, 0.05) is 16.6 Å². The van der Waals surface area contributed by atoms with E-state index in [1.165, 1.54) is 6.07 Å². The molecule has 0 heterocycles. The molecule has 0 aromatic heterocycles. The summed E-state index contributed by atoms with van der Waals surface area (Å²) < 4.78 is 14.3. The van der Waals surface area contributed by atoms with Gasteiger partial charge in [-0.3, -0.25) is 0 Å². The lowest BCUT2D eigenvalue weighted by molar-refractivity contribution is 0.177. The van der Waals surface area contributed by atoms with Gasteiger partial charge in [-0.25, -0.2) is 4.39 Å². The molecule has 1 aromatic carbocycles. The van der Waals surface area contributed by atoms with E-state index < -0.39 is 0 Å². The lowest BCUT2D eigenvalue weighted by Gasteiger charge is -2.11. The summed E-state index contributed by atoms with van der Waals surface area (Å²) in [5.41, 5.74) is 0.687. The van der Waals surface area contributed by atoms with Crippen LogP contribution < -0.4 is 5.32 Å². The number of aliphatic hydroxyl groups is 1. The zero-order chi connectivity index (χ0) is 12.3. The van der Waals surface area contributed by atoms with Gasteiger partial charge in [-0.05, 0) is 43.9 Å². The molecule has 1 aliphatic carbocycles. The molecule has 1 saturated carbocycles.